The minimum Gasteiger partial charge on any atom is -0.378 e. The van der Waals surface area contributed by atoms with Gasteiger partial charge in [0.15, 0.2) is 11.6 Å². The van der Waals surface area contributed by atoms with Crippen LogP contribution in [0.4, 0.5) is 11.6 Å². The van der Waals surface area contributed by atoms with Crippen LogP contribution in [0, 0.1) is 0 Å². The summed E-state index contributed by atoms with van der Waals surface area (Å²) >= 11 is 0. The molecule has 0 bridgehead atoms. The fraction of sp³-hybridized carbons (Fsp3) is 0.250. The van der Waals surface area contributed by atoms with Crippen molar-refractivity contribution in [2.24, 2.45) is 7.05 Å². The molecular weight excluding hydrogens is 368 g/mol. The first-order valence-electron chi connectivity index (χ1n) is 9.40. The first-order valence-corrected chi connectivity index (χ1v) is 9.40. The van der Waals surface area contributed by atoms with E-state index in [0.717, 1.165) is 33.8 Å². The van der Waals surface area contributed by atoms with Gasteiger partial charge >= 0.3 is 0 Å². The maximum Gasteiger partial charge on any atom is 0.190 e. The van der Waals surface area contributed by atoms with E-state index in [-0.39, 0.29) is 6.04 Å². The number of rotatable bonds is 5. The van der Waals surface area contributed by atoms with E-state index in [1.54, 1.807) is 24.2 Å². The average Bonchev–Trinajstić information content (AvgIpc) is 3.45. The van der Waals surface area contributed by atoms with Gasteiger partial charge in [-0.05, 0) is 30.7 Å². The summed E-state index contributed by atoms with van der Waals surface area (Å²) in [4.78, 5) is 9.34. The Morgan fingerprint density at radius 2 is 2.00 bits per heavy atom. The van der Waals surface area contributed by atoms with Crippen molar-refractivity contribution < 1.29 is 4.74 Å². The predicted molar refractivity (Wildman–Crippen MR) is 110 cm³/mol. The third kappa shape index (κ3) is 3.00. The standard InChI is InChI=1S/C20H22N8O/c1-13(14-4-5-16-6-7-17(12-29-3)27(16)11-14)28-20-19(24-25-28)21-9-18(23-20)15-8-22-26(2)10-15/h4-11,13,25H,12H2,1-3H3,(H,21,24)/t13-/m1/s1. The molecule has 5 rings (SSSR count). The van der Waals surface area contributed by atoms with Crippen molar-refractivity contribution in [1.29, 1.82) is 0 Å². The second kappa shape index (κ2) is 6.87. The summed E-state index contributed by atoms with van der Waals surface area (Å²) in [6, 6.07) is 8.45. The number of hydrazine groups is 2. The van der Waals surface area contributed by atoms with Crippen LogP contribution >= 0.6 is 0 Å². The van der Waals surface area contributed by atoms with E-state index in [1.807, 2.05) is 18.3 Å². The molecule has 0 aliphatic carbocycles. The summed E-state index contributed by atoms with van der Waals surface area (Å²) in [5.41, 5.74) is 11.4. The van der Waals surface area contributed by atoms with E-state index in [9.17, 15) is 0 Å². The maximum atomic E-state index is 5.32. The lowest BCUT2D eigenvalue weighted by Gasteiger charge is -2.25. The molecule has 0 aromatic carbocycles. The van der Waals surface area contributed by atoms with E-state index in [1.165, 1.54) is 0 Å². The molecular formula is C20H22N8O. The Balaban J connectivity index is 1.49. The Kier molecular flexibility index (Phi) is 4.18. The van der Waals surface area contributed by atoms with E-state index in [0.29, 0.717) is 12.4 Å². The van der Waals surface area contributed by atoms with Crippen LogP contribution < -0.4 is 16.0 Å². The van der Waals surface area contributed by atoms with Crippen molar-refractivity contribution in [2.45, 2.75) is 19.6 Å². The number of anilines is 2. The number of methoxy groups -OCH3 is 1. The lowest BCUT2D eigenvalue weighted by molar-refractivity contribution is 0.181. The zero-order valence-corrected chi connectivity index (χ0v) is 16.5. The topological polar surface area (TPSA) is 84.5 Å². The minimum atomic E-state index is 0.0180. The van der Waals surface area contributed by atoms with Crippen LogP contribution in [-0.2, 0) is 18.4 Å². The van der Waals surface area contributed by atoms with E-state index < -0.39 is 0 Å². The van der Waals surface area contributed by atoms with Crippen LogP contribution in [0.1, 0.15) is 24.2 Å². The smallest absolute Gasteiger partial charge is 0.190 e. The molecule has 9 heteroatoms. The molecule has 0 fully saturated rings. The van der Waals surface area contributed by atoms with Crippen molar-refractivity contribution in [1.82, 2.24) is 29.7 Å². The third-order valence-corrected chi connectivity index (χ3v) is 5.20. The molecule has 0 saturated carbocycles. The van der Waals surface area contributed by atoms with Crippen LogP contribution in [0.15, 0.2) is 49.1 Å². The predicted octanol–water partition coefficient (Wildman–Crippen LogP) is 2.69. The van der Waals surface area contributed by atoms with Gasteiger partial charge in [-0.2, -0.15) is 5.10 Å². The number of hydrogen-bond acceptors (Lipinski definition) is 7. The normalized spacial score (nSPS) is 14.2. The van der Waals surface area contributed by atoms with Crippen LogP contribution in [0.25, 0.3) is 16.8 Å². The molecule has 9 nitrogen and oxygen atoms in total. The Morgan fingerprint density at radius 3 is 2.79 bits per heavy atom. The van der Waals surface area contributed by atoms with Crippen molar-refractivity contribution in [3.63, 3.8) is 0 Å². The fourth-order valence-electron chi connectivity index (χ4n) is 3.61. The Morgan fingerprint density at radius 1 is 1.14 bits per heavy atom. The van der Waals surface area contributed by atoms with Gasteiger partial charge < -0.3 is 9.14 Å². The molecule has 29 heavy (non-hydrogen) atoms. The molecule has 1 atom stereocenters. The van der Waals surface area contributed by atoms with Gasteiger partial charge in [0, 0.05) is 43.3 Å². The van der Waals surface area contributed by atoms with Gasteiger partial charge in [-0.3, -0.25) is 15.1 Å². The van der Waals surface area contributed by atoms with Crippen molar-refractivity contribution in [3.8, 4) is 11.3 Å². The van der Waals surface area contributed by atoms with Crippen LogP contribution in [0.5, 0.6) is 0 Å². The maximum absolute atomic E-state index is 5.32. The van der Waals surface area contributed by atoms with E-state index in [4.69, 9.17) is 9.72 Å². The first kappa shape index (κ1) is 17.7. The highest BCUT2D eigenvalue weighted by Gasteiger charge is 2.28. The fourth-order valence-corrected chi connectivity index (χ4v) is 3.61. The Labute approximate surface area is 167 Å². The molecule has 0 amide bonds. The highest BCUT2D eigenvalue weighted by molar-refractivity contribution is 5.69. The molecule has 0 spiro atoms. The number of aromatic nitrogens is 5. The quantitative estimate of drug-likeness (QED) is 0.542. The van der Waals surface area contributed by atoms with Crippen LogP contribution in [-0.4, -0.2) is 31.3 Å². The summed E-state index contributed by atoms with van der Waals surface area (Å²) in [5, 5.41) is 6.22. The molecule has 1 aliphatic heterocycles. The van der Waals surface area contributed by atoms with Crippen molar-refractivity contribution in [3.05, 3.63) is 60.3 Å². The van der Waals surface area contributed by atoms with Gasteiger partial charge in [0.05, 0.1) is 30.7 Å². The summed E-state index contributed by atoms with van der Waals surface area (Å²) in [7, 11) is 3.60. The average molecular weight is 390 g/mol. The number of fused-ring (bicyclic) bond motifs is 2. The van der Waals surface area contributed by atoms with Crippen molar-refractivity contribution in [2.75, 3.05) is 17.5 Å². The molecule has 5 heterocycles. The third-order valence-electron chi connectivity index (χ3n) is 5.20. The zero-order valence-electron chi connectivity index (χ0n) is 16.5. The highest BCUT2D eigenvalue weighted by Crippen LogP contribution is 2.33. The Hall–Kier alpha value is -3.43. The van der Waals surface area contributed by atoms with Crippen LogP contribution in [0.3, 0.4) is 0 Å². The van der Waals surface area contributed by atoms with Gasteiger partial charge in [-0.1, -0.05) is 6.07 Å². The SMILES string of the molecule is COCc1ccc2ccc([C@@H](C)N3NNc4ncc(-c5cnn(C)c5)nc43)cn12. The molecule has 2 N–H and O–H groups in total. The van der Waals surface area contributed by atoms with Gasteiger partial charge in [-0.25, -0.2) is 9.97 Å². The number of aryl methyl sites for hydroxylation is 1. The number of pyridine rings is 1. The van der Waals surface area contributed by atoms with E-state index >= 15 is 0 Å². The first-order chi connectivity index (χ1) is 14.1. The van der Waals surface area contributed by atoms with Gasteiger partial charge in [0.2, 0.25) is 0 Å². The largest absolute Gasteiger partial charge is 0.378 e. The van der Waals surface area contributed by atoms with E-state index in [2.05, 4.69) is 62.8 Å². The number of nitrogens with one attached hydrogen (secondary N) is 2. The molecule has 4 aromatic rings. The van der Waals surface area contributed by atoms with Crippen LogP contribution in [0.2, 0.25) is 0 Å². The van der Waals surface area contributed by atoms with Crippen molar-refractivity contribution >= 4 is 17.2 Å². The number of hydrogen-bond donors (Lipinski definition) is 2. The van der Waals surface area contributed by atoms with Gasteiger partial charge in [0.1, 0.15) is 0 Å². The summed E-state index contributed by atoms with van der Waals surface area (Å²) in [6.45, 7) is 2.70. The van der Waals surface area contributed by atoms with Gasteiger partial charge in [0.25, 0.3) is 0 Å². The lowest BCUT2D eigenvalue weighted by atomic mass is 10.1. The summed E-state index contributed by atoms with van der Waals surface area (Å²) in [6.07, 6.45) is 7.61. The molecule has 4 aromatic heterocycles. The summed E-state index contributed by atoms with van der Waals surface area (Å²) < 4.78 is 9.24. The van der Waals surface area contributed by atoms with Gasteiger partial charge in [-0.15, -0.1) is 5.53 Å². The molecule has 1 aliphatic rings. The molecule has 0 radical (unpaired) electrons. The Bertz CT molecular complexity index is 1180. The zero-order chi connectivity index (χ0) is 20.0. The molecule has 0 unspecified atom stereocenters. The molecule has 148 valence electrons. The summed E-state index contributed by atoms with van der Waals surface area (Å²) in [5.74, 6) is 1.45. The second-order valence-electron chi connectivity index (χ2n) is 7.13. The molecule has 0 saturated heterocycles. The minimum absolute atomic E-state index is 0.0180. The highest BCUT2D eigenvalue weighted by atomic mass is 16.5. The number of nitrogens with zero attached hydrogens (tertiary/aromatic N) is 6. The lowest BCUT2D eigenvalue weighted by Crippen LogP contribution is -2.38. The number of ether oxygens (including phenoxy) is 1. The second-order valence-corrected chi connectivity index (χ2v) is 7.13. The monoisotopic (exact) mass is 390 g/mol.